The van der Waals surface area contributed by atoms with Crippen LogP contribution in [0.3, 0.4) is 0 Å². The van der Waals surface area contributed by atoms with Crippen LogP contribution >= 0.6 is 34.5 Å². The monoisotopic (exact) mass is 326 g/mol. The zero-order valence-corrected chi connectivity index (χ0v) is 13.4. The molecule has 1 nitrogen and oxygen atoms in total. The van der Waals surface area contributed by atoms with Crippen molar-refractivity contribution >= 4 is 34.5 Å². The van der Waals surface area contributed by atoms with Gasteiger partial charge in [-0.2, -0.15) is 0 Å². The smallest absolute Gasteiger partial charge is 0.115 e. The molecule has 20 heavy (non-hydrogen) atoms. The Morgan fingerprint density at radius 3 is 2.65 bits per heavy atom. The number of hydrogen-bond donors (Lipinski definition) is 1. The normalized spacial score (nSPS) is 16.6. The quantitative estimate of drug-likeness (QED) is 0.732. The van der Waals surface area contributed by atoms with Crippen LogP contribution < -0.4 is 0 Å². The Morgan fingerprint density at radius 1 is 1.05 bits per heavy atom. The van der Waals surface area contributed by atoms with Gasteiger partial charge in [0.2, 0.25) is 0 Å². The van der Waals surface area contributed by atoms with Crippen molar-refractivity contribution in [3.8, 4) is 0 Å². The van der Waals surface area contributed by atoms with E-state index in [4.69, 9.17) is 23.2 Å². The van der Waals surface area contributed by atoms with Crippen LogP contribution in [0.2, 0.25) is 10.0 Å². The predicted octanol–water partition coefficient (Wildman–Crippen LogP) is 5.41. The number of benzene rings is 1. The first-order valence-electron chi connectivity index (χ1n) is 6.89. The Morgan fingerprint density at radius 2 is 1.85 bits per heavy atom. The number of aliphatic hydroxyl groups is 1. The van der Waals surface area contributed by atoms with E-state index >= 15 is 0 Å². The maximum Gasteiger partial charge on any atom is 0.115 e. The van der Waals surface area contributed by atoms with E-state index in [9.17, 15) is 5.11 Å². The summed E-state index contributed by atoms with van der Waals surface area (Å²) in [6.07, 6.45) is 5.43. The van der Waals surface area contributed by atoms with Crippen molar-refractivity contribution in [2.24, 2.45) is 0 Å². The second kappa shape index (κ2) is 6.07. The average molecular weight is 327 g/mol. The van der Waals surface area contributed by atoms with Gasteiger partial charge in [0.25, 0.3) is 0 Å². The predicted molar refractivity (Wildman–Crippen MR) is 86.1 cm³/mol. The first kappa shape index (κ1) is 14.4. The Kier molecular flexibility index (Phi) is 4.37. The molecule has 1 heterocycles. The first-order chi connectivity index (χ1) is 9.65. The number of thiophene rings is 1. The number of halogens is 2. The van der Waals surface area contributed by atoms with Gasteiger partial charge in [0, 0.05) is 25.4 Å². The van der Waals surface area contributed by atoms with Gasteiger partial charge < -0.3 is 5.11 Å². The van der Waals surface area contributed by atoms with Crippen molar-refractivity contribution in [3.05, 3.63) is 55.2 Å². The molecular formula is C16H16Cl2OS. The number of hydrogen-bond acceptors (Lipinski definition) is 2. The van der Waals surface area contributed by atoms with Gasteiger partial charge in [-0.15, -0.1) is 11.3 Å². The molecule has 1 unspecified atom stereocenters. The molecule has 0 fully saturated rings. The van der Waals surface area contributed by atoms with E-state index < -0.39 is 6.10 Å². The zero-order chi connectivity index (χ0) is 14.1. The van der Waals surface area contributed by atoms with Crippen LogP contribution in [0.1, 0.15) is 46.2 Å². The maximum absolute atomic E-state index is 10.6. The Labute approximate surface area is 133 Å². The van der Waals surface area contributed by atoms with Crippen LogP contribution in [0, 0.1) is 0 Å². The molecule has 1 aromatic carbocycles. The van der Waals surface area contributed by atoms with Crippen molar-refractivity contribution in [1.29, 1.82) is 0 Å². The molecule has 0 bridgehead atoms. The molecule has 1 N–H and O–H groups in total. The van der Waals surface area contributed by atoms with Gasteiger partial charge >= 0.3 is 0 Å². The van der Waals surface area contributed by atoms with Gasteiger partial charge in [-0.1, -0.05) is 35.7 Å². The molecule has 106 valence electrons. The molecule has 0 amide bonds. The molecule has 0 saturated carbocycles. The molecule has 1 atom stereocenters. The maximum atomic E-state index is 10.6. The summed E-state index contributed by atoms with van der Waals surface area (Å²) in [7, 11) is 0. The molecule has 1 aliphatic carbocycles. The number of rotatable bonds is 2. The standard InChI is InChI=1S/C16H16Cl2OS/c17-11-6-7-12(13(18)9-11)16(19)15-8-10-4-2-1-3-5-14(10)20-15/h6-9,16,19H,1-5H2. The average Bonchev–Trinajstić information content (AvgIpc) is 2.69. The van der Waals surface area contributed by atoms with Crippen LogP contribution in [0.5, 0.6) is 0 Å². The SMILES string of the molecule is OC(c1cc2c(s1)CCCCC2)c1ccc(Cl)cc1Cl. The number of aliphatic hydroxyl groups excluding tert-OH is 1. The highest BCUT2D eigenvalue weighted by Gasteiger charge is 2.20. The molecule has 3 rings (SSSR count). The van der Waals surface area contributed by atoms with Gasteiger partial charge in [-0.3, -0.25) is 0 Å². The lowest BCUT2D eigenvalue weighted by molar-refractivity contribution is 0.224. The highest BCUT2D eigenvalue weighted by molar-refractivity contribution is 7.12. The Hall–Kier alpha value is -0.540. The molecule has 4 heteroatoms. The summed E-state index contributed by atoms with van der Waals surface area (Å²) in [5.74, 6) is 0. The van der Waals surface area contributed by atoms with Crippen molar-refractivity contribution in [3.63, 3.8) is 0 Å². The van der Waals surface area contributed by atoms with Gasteiger partial charge in [-0.05, 0) is 49.4 Å². The van der Waals surface area contributed by atoms with Crippen molar-refractivity contribution in [2.75, 3.05) is 0 Å². The summed E-state index contributed by atoms with van der Waals surface area (Å²) >= 11 is 13.8. The molecule has 0 spiro atoms. The fourth-order valence-corrected chi connectivity index (χ4v) is 4.48. The van der Waals surface area contributed by atoms with E-state index in [1.54, 1.807) is 29.5 Å². The molecule has 0 aliphatic heterocycles. The van der Waals surface area contributed by atoms with Gasteiger partial charge in [-0.25, -0.2) is 0 Å². The molecular weight excluding hydrogens is 311 g/mol. The van der Waals surface area contributed by atoms with Gasteiger partial charge in [0.1, 0.15) is 6.10 Å². The Balaban J connectivity index is 1.92. The van der Waals surface area contributed by atoms with Gasteiger partial charge in [0.05, 0.1) is 0 Å². The summed E-state index contributed by atoms with van der Waals surface area (Å²) in [5.41, 5.74) is 2.14. The lowest BCUT2D eigenvalue weighted by Gasteiger charge is -2.11. The number of fused-ring (bicyclic) bond motifs is 1. The third kappa shape index (κ3) is 2.89. The summed E-state index contributed by atoms with van der Waals surface area (Å²) in [4.78, 5) is 2.42. The Bertz CT molecular complexity index is 597. The van der Waals surface area contributed by atoms with Crippen molar-refractivity contribution in [1.82, 2.24) is 0 Å². The second-order valence-electron chi connectivity index (χ2n) is 5.23. The summed E-state index contributed by atoms with van der Waals surface area (Å²) in [6.45, 7) is 0. The van der Waals surface area contributed by atoms with Crippen molar-refractivity contribution < 1.29 is 5.11 Å². The van der Waals surface area contributed by atoms with Crippen LogP contribution in [0.25, 0.3) is 0 Å². The molecule has 0 saturated heterocycles. The summed E-state index contributed by atoms with van der Waals surface area (Å²) < 4.78 is 0. The third-order valence-electron chi connectivity index (χ3n) is 3.79. The van der Waals surface area contributed by atoms with Crippen LogP contribution in [-0.4, -0.2) is 5.11 Å². The fraction of sp³-hybridized carbons (Fsp3) is 0.375. The molecule has 2 aromatic rings. The first-order valence-corrected chi connectivity index (χ1v) is 8.47. The largest absolute Gasteiger partial charge is 0.383 e. The van der Waals surface area contributed by atoms with E-state index in [0.29, 0.717) is 10.0 Å². The molecule has 1 aliphatic rings. The van der Waals surface area contributed by atoms with E-state index in [-0.39, 0.29) is 0 Å². The van der Waals surface area contributed by atoms with E-state index in [0.717, 1.165) is 23.3 Å². The van der Waals surface area contributed by atoms with Crippen LogP contribution in [0.15, 0.2) is 24.3 Å². The highest BCUT2D eigenvalue weighted by atomic mass is 35.5. The molecule has 0 radical (unpaired) electrons. The zero-order valence-electron chi connectivity index (χ0n) is 11.0. The van der Waals surface area contributed by atoms with E-state index in [2.05, 4.69) is 6.07 Å². The topological polar surface area (TPSA) is 20.2 Å². The number of aryl methyl sites for hydroxylation is 2. The minimum Gasteiger partial charge on any atom is -0.383 e. The fourth-order valence-electron chi connectivity index (χ4n) is 2.70. The third-order valence-corrected chi connectivity index (χ3v) is 5.64. The van der Waals surface area contributed by atoms with Gasteiger partial charge in [0.15, 0.2) is 0 Å². The molecule has 1 aromatic heterocycles. The summed E-state index contributed by atoms with van der Waals surface area (Å²) in [6, 6.07) is 7.41. The minimum absolute atomic E-state index is 0.522. The second-order valence-corrected chi connectivity index (χ2v) is 7.24. The lowest BCUT2D eigenvalue weighted by atomic mass is 10.1. The van der Waals surface area contributed by atoms with E-state index in [1.165, 1.54) is 29.7 Å². The van der Waals surface area contributed by atoms with E-state index in [1.807, 2.05) is 0 Å². The lowest BCUT2D eigenvalue weighted by Crippen LogP contribution is -1.98. The van der Waals surface area contributed by atoms with Crippen LogP contribution in [-0.2, 0) is 12.8 Å². The summed E-state index contributed by atoms with van der Waals surface area (Å²) in [5, 5.41) is 11.7. The van der Waals surface area contributed by atoms with Crippen LogP contribution in [0.4, 0.5) is 0 Å². The minimum atomic E-state index is -0.656. The highest BCUT2D eigenvalue weighted by Crippen LogP contribution is 2.37. The van der Waals surface area contributed by atoms with Crippen molar-refractivity contribution in [2.45, 2.75) is 38.2 Å².